The number of benzene rings is 2. The van der Waals surface area contributed by atoms with Gasteiger partial charge in [-0.2, -0.15) is 0 Å². The lowest BCUT2D eigenvalue weighted by molar-refractivity contribution is -0.121. The number of halogens is 2. The highest BCUT2D eigenvalue weighted by Crippen LogP contribution is 2.35. The van der Waals surface area contributed by atoms with Gasteiger partial charge in [-0.15, -0.1) is 0 Å². The second kappa shape index (κ2) is 9.58. The summed E-state index contributed by atoms with van der Waals surface area (Å²) in [4.78, 5) is 33.2. The molecule has 0 fully saturated rings. The van der Waals surface area contributed by atoms with Crippen molar-refractivity contribution in [3.8, 4) is 11.1 Å². The quantitative estimate of drug-likeness (QED) is 0.650. The van der Waals surface area contributed by atoms with E-state index in [-0.39, 0.29) is 35.6 Å². The third kappa shape index (κ3) is 4.90. The molecule has 0 aliphatic carbocycles. The number of rotatable bonds is 7. The van der Waals surface area contributed by atoms with Crippen molar-refractivity contribution in [2.75, 3.05) is 13.1 Å². The Labute approximate surface area is 195 Å². The summed E-state index contributed by atoms with van der Waals surface area (Å²) in [6.07, 6.45) is 2.02. The lowest BCUT2D eigenvalue weighted by atomic mass is 9.89. The van der Waals surface area contributed by atoms with Crippen LogP contribution in [0.15, 0.2) is 46.7 Å². The molecule has 10 heteroatoms. The van der Waals surface area contributed by atoms with Crippen LogP contribution in [0.25, 0.3) is 11.1 Å². The Balaban J connectivity index is 1.53. The van der Waals surface area contributed by atoms with Crippen molar-refractivity contribution in [1.82, 2.24) is 10.6 Å². The molecule has 34 heavy (non-hydrogen) atoms. The first-order valence-corrected chi connectivity index (χ1v) is 10.8. The Morgan fingerprint density at radius 2 is 1.76 bits per heavy atom. The van der Waals surface area contributed by atoms with Crippen LogP contribution in [0.4, 0.5) is 8.78 Å². The fourth-order valence-electron chi connectivity index (χ4n) is 3.90. The molecule has 178 valence electrons. The minimum atomic E-state index is -1.01. The summed E-state index contributed by atoms with van der Waals surface area (Å²) < 4.78 is 30.1. The number of amides is 2. The molecule has 8 nitrogen and oxygen atoms in total. The van der Waals surface area contributed by atoms with Crippen molar-refractivity contribution in [2.45, 2.75) is 38.4 Å². The summed E-state index contributed by atoms with van der Waals surface area (Å²) >= 11 is 0. The van der Waals surface area contributed by atoms with Crippen molar-refractivity contribution in [1.29, 1.82) is 0 Å². The molecule has 0 radical (unpaired) electrons. The molecule has 0 saturated heterocycles. The van der Waals surface area contributed by atoms with Gasteiger partial charge in [0.1, 0.15) is 17.7 Å². The van der Waals surface area contributed by atoms with Gasteiger partial charge in [-0.3, -0.25) is 9.59 Å². The highest BCUT2D eigenvalue weighted by Gasteiger charge is 2.38. The largest absolute Gasteiger partial charge is 0.390 e. The maximum Gasteiger partial charge on any atom is 0.217 e. The number of hydrogen-bond donors (Lipinski definition) is 2. The SMILES string of the molecule is CC(=O)NCC1CC(c2ccc(-c3ccc([C@@]4(CNC(C)=O)CC=NO4)cc3F)c(F)c2)=NO1. The van der Waals surface area contributed by atoms with Crippen LogP contribution in [0.2, 0.25) is 0 Å². The number of nitrogens with one attached hydrogen (secondary N) is 2. The van der Waals surface area contributed by atoms with E-state index in [1.165, 1.54) is 38.1 Å². The highest BCUT2D eigenvalue weighted by molar-refractivity contribution is 6.01. The fraction of sp³-hybridized carbons (Fsp3) is 0.333. The Morgan fingerprint density at radius 1 is 1.06 bits per heavy atom. The van der Waals surface area contributed by atoms with E-state index < -0.39 is 17.2 Å². The van der Waals surface area contributed by atoms with E-state index in [0.29, 0.717) is 36.2 Å². The molecule has 0 aromatic heterocycles. The fourth-order valence-corrected chi connectivity index (χ4v) is 3.90. The summed E-state index contributed by atoms with van der Waals surface area (Å²) in [7, 11) is 0. The number of hydrogen-bond acceptors (Lipinski definition) is 6. The van der Waals surface area contributed by atoms with Crippen molar-refractivity contribution in [2.24, 2.45) is 10.3 Å². The van der Waals surface area contributed by atoms with Crippen molar-refractivity contribution < 1.29 is 28.0 Å². The van der Waals surface area contributed by atoms with E-state index in [0.717, 1.165) is 0 Å². The van der Waals surface area contributed by atoms with Gasteiger partial charge in [0.05, 0.1) is 18.8 Å². The van der Waals surface area contributed by atoms with E-state index in [1.54, 1.807) is 18.3 Å². The van der Waals surface area contributed by atoms with E-state index in [4.69, 9.17) is 9.68 Å². The maximum absolute atomic E-state index is 15.1. The van der Waals surface area contributed by atoms with Gasteiger partial charge in [-0.1, -0.05) is 34.6 Å². The Morgan fingerprint density at radius 3 is 2.38 bits per heavy atom. The van der Waals surface area contributed by atoms with E-state index >= 15 is 4.39 Å². The predicted molar refractivity (Wildman–Crippen MR) is 121 cm³/mol. The molecule has 2 aromatic carbocycles. The Bertz CT molecular complexity index is 1170. The molecule has 2 N–H and O–H groups in total. The predicted octanol–water partition coefficient (Wildman–Crippen LogP) is 3.00. The van der Waals surface area contributed by atoms with Gasteiger partial charge in [-0.05, 0) is 12.1 Å². The van der Waals surface area contributed by atoms with Crippen LogP contribution in [0, 0.1) is 11.6 Å². The molecule has 1 unspecified atom stereocenters. The molecule has 0 saturated carbocycles. The van der Waals surface area contributed by atoms with Crippen LogP contribution in [0.5, 0.6) is 0 Å². The van der Waals surface area contributed by atoms with E-state index in [9.17, 15) is 14.0 Å². The normalized spacial score (nSPS) is 20.9. The van der Waals surface area contributed by atoms with Gasteiger partial charge in [0.15, 0.2) is 5.60 Å². The zero-order valence-electron chi connectivity index (χ0n) is 18.7. The van der Waals surface area contributed by atoms with Gasteiger partial charge >= 0.3 is 0 Å². The molecule has 0 spiro atoms. The number of carbonyl (C=O) groups is 2. The molecule has 2 aliphatic rings. The highest BCUT2D eigenvalue weighted by atomic mass is 19.1. The summed E-state index contributed by atoms with van der Waals surface area (Å²) in [6.45, 7) is 3.22. The number of carbonyl (C=O) groups excluding carboxylic acids is 2. The van der Waals surface area contributed by atoms with Crippen molar-refractivity contribution in [3.63, 3.8) is 0 Å². The minimum Gasteiger partial charge on any atom is -0.390 e. The molecular formula is C24H24F2N4O4. The Hall–Kier alpha value is -3.82. The third-order valence-corrected chi connectivity index (χ3v) is 5.75. The lowest BCUT2D eigenvalue weighted by Crippen LogP contribution is -2.39. The van der Waals surface area contributed by atoms with Crippen LogP contribution in [0.1, 0.15) is 37.8 Å². The van der Waals surface area contributed by atoms with Gasteiger partial charge in [-0.25, -0.2) is 8.78 Å². The van der Waals surface area contributed by atoms with E-state index in [1.807, 2.05) is 0 Å². The molecule has 2 amide bonds. The molecule has 0 bridgehead atoms. The van der Waals surface area contributed by atoms with Crippen LogP contribution >= 0.6 is 0 Å². The topological polar surface area (TPSA) is 101 Å². The van der Waals surface area contributed by atoms with Crippen LogP contribution in [-0.2, 0) is 24.9 Å². The monoisotopic (exact) mass is 470 g/mol. The van der Waals surface area contributed by atoms with Crippen molar-refractivity contribution in [3.05, 3.63) is 59.2 Å². The minimum absolute atomic E-state index is 0.0922. The first-order valence-electron chi connectivity index (χ1n) is 10.8. The van der Waals surface area contributed by atoms with Gasteiger partial charge in [0.25, 0.3) is 0 Å². The molecule has 4 rings (SSSR count). The lowest BCUT2D eigenvalue weighted by Gasteiger charge is -2.27. The average Bonchev–Trinajstić information content (AvgIpc) is 3.47. The summed E-state index contributed by atoms with van der Waals surface area (Å²) in [5.74, 6) is -1.65. The van der Waals surface area contributed by atoms with Gasteiger partial charge < -0.3 is 20.3 Å². The van der Waals surface area contributed by atoms with Crippen LogP contribution in [-0.4, -0.2) is 42.9 Å². The summed E-state index contributed by atoms with van der Waals surface area (Å²) in [5.41, 5.74) is 0.738. The van der Waals surface area contributed by atoms with E-state index in [2.05, 4.69) is 20.9 Å². The first-order chi connectivity index (χ1) is 16.3. The summed E-state index contributed by atoms with van der Waals surface area (Å²) in [5, 5.41) is 13.1. The Kier molecular flexibility index (Phi) is 6.58. The smallest absolute Gasteiger partial charge is 0.217 e. The van der Waals surface area contributed by atoms with Crippen LogP contribution < -0.4 is 10.6 Å². The third-order valence-electron chi connectivity index (χ3n) is 5.75. The molecule has 2 aromatic rings. The van der Waals surface area contributed by atoms with Crippen molar-refractivity contribution >= 4 is 23.7 Å². The first kappa shape index (κ1) is 23.3. The van der Waals surface area contributed by atoms with Gasteiger partial charge in [0, 0.05) is 55.2 Å². The second-order valence-electron chi connectivity index (χ2n) is 8.28. The zero-order valence-corrected chi connectivity index (χ0v) is 18.7. The number of oxime groups is 2. The molecular weight excluding hydrogens is 446 g/mol. The average molecular weight is 470 g/mol. The zero-order chi connectivity index (χ0) is 24.3. The van der Waals surface area contributed by atoms with Gasteiger partial charge in [0.2, 0.25) is 11.8 Å². The summed E-state index contributed by atoms with van der Waals surface area (Å²) in [6, 6.07) is 8.84. The second-order valence-corrected chi connectivity index (χ2v) is 8.28. The molecule has 2 atom stereocenters. The standard InChI is InChI=1S/C24H24F2N4O4/c1-14(31)27-12-18-11-23(30-33-18)16-3-5-19(21(25)9-16)20-6-4-17(10-22(20)26)24(7-8-29-34-24)13-28-15(2)32/h3-6,8-10,18H,7,11-13H2,1-2H3,(H,27,31)(H,28,32)/t18?,24-/m0/s1. The molecule has 2 heterocycles. The maximum atomic E-state index is 15.1. The number of nitrogens with zero attached hydrogens (tertiary/aromatic N) is 2. The van der Waals surface area contributed by atoms with Crippen LogP contribution in [0.3, 0.4) is 0 Å². The molecule has 2 aliphatic heterocycles.